The van der Waals surface area contributed by atoms with Gasteiger partial charge in [0.25, 0.3) is 0 Å². The second-order valence-corrected chi connectivity index (χ2v) is 5.54. The van der Waals surface area contributed by atoms with Crippen molar-refractivity contribution in [3.05, 3.63) is 59.7 Å². The number of aryl methyl sites for hydroxylation is 1. The second-order valence-electron chi connectivity index (χ2n) is 4.44. The summed E-state index contributed by atoms with van der Waals surface area (Å²) >= 11 is 3.30. The Bertz CT molecular complexity index is 618. The van der Waals surface area contributed by atoms with Crippen LogP contribution in [-0.2, 0) is 11.2 Å². The van der Waals surface area contributed by atoms with Crippen LogP contribution in [0.2, 0.25) is 0 Å². The average molecular weight is 337 g/mol. The molecule has 0 saturated carbocycles. The molecule has 5 heteroatoms. The lowest BCUT2D eigenvalue weighted by molar-refractivity contribution is -0.115. The number of alkyl halides is 1. The minimum Gasteiger partial charge on any atom is -0.325 e. The van der Waals surface area contributed by atoms with E-state index >= 15 is 0 Å². The number of benzene rings is 1. The molecular weight excluding hydrogens is 323 g/mol. The predicted molar refractivity (Wildman–Crippen MR) is 80.4 cm³/mol. The second kappa shape index (κ2) is 6.61. The van der Waals surface area contributed by atoms with E-state index in [4.69, 9.17) is 0 Å². The van der Waals surface area contributed by atoms with Crippen LogP contribution >= 0.6 is 15.9 Å². The highest BCUT2D eigenvalue weighted by Gasteiger charge is 2.17. The predicted octanol–water partition coefficient (Wildman–Crippen LogP) is 3.47. The van der Waals surface area contributed by atoms with E-state index in [0.29, 0.717) is 17.7 Å². The summed E-state index contributed by atoms with van der Waals surface area (Å²) in [5.41, 5.74) is 2.01. The third-order valence-corrected chi connectivity index (χ3v) is 3.55. The van der Waals surface area contributed by atoms with Crippen LogP contribution in [0, 0.1) is 12.7 Å². The SMILES string of the molecule is Cc1cc(NC(=O)C(Br)Cc2ccccc2F)ccn1. The molecule has 0 fully saturated rings. The van der Waals surface area contributed by atoms with Crippen molar-refractivity contribution in [1.29, 1.82) is 0 Å². The number of hydrogen-bond donors (Lipinski definition) is 1. The molecule has 0 aliphatic carbocycles. The Morgan fingerprint density at radius 2 is 2.15 bits per heavy atom. The Hall–Kier alpha value is -1.75. The molecule has 0 spiro atoms. The molecule has 1 atom stereocenters. The van der Waals surface area contributed by atoms with Crippen LogP contribution in [0.1, 0.15) is 11.3 Å². The van der Waals surface area contributed by atoms with Crippen molar-refractivity contribution in [3.63, 3.8) is 0 Å². The third kappa shape index (κ3) is 3.87. The highest BCUT2D eigenvalue weighted by atomic mass is 79.9. The maximum absolute atomic E-state index is 13.5. The Morgan fingerprint density at radius 3 is 2.85 bits per heavy atom. The summed E-state index contributed by atoms with van der Waals surface area (Å²) in [6.45, 7) is 1.85. The molecule has 1 unspecified atom stereocenters. The normalized spacial score (nSPS) is 11.9. The number of carbonyl (C=O) groups excluding carboxylic acids is 1. The van der Waals surface area contributed by atoms with E-state index in [-0.39, 0.29) is 11.7 Å². The summed E-state index contributed by atoms with van der Waals surface area (Å²) in [4.78, 5) is 15.6. The summed E-state index contributed by atoms with van der Waals surface area (Å²) in [6, 6.07) is 9.94. The maximum Gasteiger partial charge on any atom is 0.238 e. The smallest absolute Gasteiger partial charge is 0.238 e. The van der Waals surface area contributed by atoms with E-state index in [1.54, 1.807) is 36.5 Å². The first-order chi connectivity index (χ1) is 9.56. The Kier molecular flexibility index (Phi) is 4.84. The number of amides is 1. The van der Waals surface area contributed by atoms with Gasteiger partial charge in [-0.3, -0.25) is 9.78 Å². The van der Waals surface area contributed by atoms with E-state index < -0.39 is 4.83 Å². The van der Waals surface area contributed by atoms with Crippen molar-refractivity contribution in [2.24, 2.45) is 0 Å². The fourth-order valence-corrected chi connectivity index (χ4v) is 2.26. The summed E-state index contributed by atoms with van der Waals surface area (Å²) < 4.78 is 13.5. The lowest BCUT2D eigenvalue weighted by atomic mass is 10.1. The number of anilines is 1. The number of halogens is 2. The van der Waals surface area contributed by atoms with Gasteiger partial charge in [-0.2, -0.15) is 0 Å². The molecule has 1 heterocycles. The molecule has 0 saturated heterocycles. The Balaban J connectivity index is 2.01. The fraction of sp³-hybridized carbons (Fsp3) is 0.200. The van der Waals surface area contributed by atoms with Gasteiger partial charge in [-0.05, 0) is 37.1 Å². The standard InChI is InChI=1S/C15H14BrFN2O/c1-10-8-12(6-7-18-10)19-15(20)13(16)9-11-4-2-3-5-14(11)17/h2-8,13H,9H2,1H3,(H,18,19,20). The zero-order valence-corrected chi connectivity index (χ0v) is 12.5. The molecule has 0 radical (unpaired) electrons. The van der Waals surface area contributed by atoms with Gasteiger partial charge in [-0.15, -0.1) is 0 Å². The molecule has 1 amide bonds. The molecule has 2 rings (SSSR count). The van der Waals surface area contributed by atoms with Gasteiger partial charge in [0.15, 0.2) is 0 Å². The first-order valence-corrected chi connectivity index (χ1v) is 7.09. The van der Waals surface area contributed by atoms with Crippen molar-refractivity contribution < 1.29 is 9.18 Å². The van der Waals surface area contributed by atoms with Crippen molar-refractivity contribution in [2.75, 3.05) is 5.32 Å². The highest BCUT2D eigenvalue weighted by molar-refractivity contribution is 9.10. The summed E-state index contributed by atoms with van der Waals surface area (Å²) in [6.07, 6.45) is 1.92. The molecule has 2 aromatic rings. The van der Waals surface area contributed by atoms with E-state index in [1.807, 2.05) is 6.92 Å². The monoisotopic (exact) mass is 336 g/mol. The number of nitrogens with zero attached hydrogens (tertiary/aromatic N) is 1. The van der Waals surface area contributed by atoms with Crippen LogP contribution in [0.3, 0.4) is 0 Å². The number of aromatic nitrogens is 1. The third-order valence-electron chi connectivity index (χ3n) is 2.81. The van der Waals surface area contributed by atoms with Crippen LogP contribution in [0.25, 0.3) is 0 Å². The van der Waals surface area contributed by atoms with Crippen molar-refractivity contribution in [3.8, 4) is 0 Å². The highest BCUT2D eigenvalue weighted by Crippen LogP contribution is 2.16. The quantitative estimate of drug-likeness (QED) is 0.868. The van der Waals surface area contributed by atoms with Crippen molar-refractivity contribution in [1.82, 2.24) is 4.98 Å². The molecular formula is C15H14BrFN2O. The van der Waals surface area contributed by atoms with Gasteiger partial charge in [0.1, 0.15) is 5.82 Å². The lowest BCUT2D eigenvalue weighted by Crippen LogP contribution is -2.25. The van der Waals surface area contributed by atoms with Gasteiger partial charge < -0.3 is 5.32 Å². The number of nitrogens with one attached hydrogen (secondary N) is 1. The van der Waals surface area contributed by atoms with Crippen LogP contribution in [0.15, 0.2) is 42.6 Å². The van der Waals surface area contributed by atoms with E-state index in [1.165, 1.54) is 6.07 Å². The van der Waals surface area contributed by atoms with Gasteiger partial charge in [-0.25, -0.2) is 4.39 Å². The molecule has 1 aromatic carbocycles. The maximum atomic E-state index is 13.5. The van der Waals surface area contributed by atoms with E-state index in [9.17, 15) is 9.18 Å². The van der Waals surface area contributed by atoms with Crippen molar-refractivity contribution in [2.45, 2.75) is 18.2 Å². The minimum absolute atomic E-state index is 0.209. The zero-order valence-electron chi connectivity index (χ0n) is 10.9. The topological polar surface area (TPSA) is 42.0 Å². The van der Waals surface area contributed by atoms with Crippen LogP contribution in [0.4, 0.5) is 10.1 Å². The summed E-state index contributed by atoms with van der Waals surface area (Å²) in [7, 11) is 0. The molecule has 1 N–H and O–H groups in total. The number of pyridine rings is 1. The Labute approximate surface area is 125 Å². The van der Waals surface area contributed by atoms with E-state index in [2.05, 4.69) is 26.2 Å². The first-order valence-electron chi connectivity index (χ1n) is 6.17. The summed E-state index contributed by atoms with van der Waals surface area (Å²) in [5.74, 6) is -0.511. The van der Waals surface area contributed by atoms with Gasteiger partial charge >= 0.3 is 0 Å². The van der Waals surface area contributed by atoms with Gasteiger partial charge in [0.2, 0.25) is 5.91 Å². The minimum atomic E-state index is -0.493. The average Bonchev–Trinajstić information content (AvgIpc) is 2.41. The Morgan fingerprint density at radius 1 is 1.40 bits per heavy atom. The number of hydrogen-bond acceptors (Lipinski definition) is 2. The molecule has 1 aromatic heterocycles. The molecule has 0 aliphatic heterocycles. The molecule has 104 valence electrons. The molecule has 0 bridgehead atoms. The van der Waals surface area contributed by atoms with Crippen LogP contribution in [0.5, 0.6) is 0 Å². The van der Waals surface area contributed by atoms with Crippen molar-refractivity contribution >= 4 is 27.5 Å². The summed E-state index contributed by atoms with van der Waals surface area (Å²) in [5, 5.41) is 2.77. The van der Waals surface area contributed by atoms with E-state index in [0.717, 1.165) is 5.69 Å². The largest absolute Gasteiger partial charge is 0.325 e. The van der Waals surface area contributed by atoms with Crippen LogP contribution in [-0.4, -0.2) is 15.7 Å². The van der Waals surface area contributed by atoms with Gasteiger partial charge in [0.05, 0.1) is 4.83 Å². The van der Waals surface area contributed by atoms with Gasteiger partial charge in [-0.1, -0.05) is 34.1 Å². The molecule has 3 nitrogen and oxygen atoms in total. The van der Waals surface area contributed by atoms with Gasteiger partial charge in [0, 0.05) is 17.6 Å². The number of rotatable bonds is 4. The zero-order chi connectivity index (χ0) is 14.5. The first kappa shape index (κ1) is 14.7. The van der Waals surface area contributed by atoms with Crippen LogP contribution < -0.4 is 5.32 Å². The number of carbonyl (C=O) groups is 1. The lowest BCUT2D eigenvalue weighted by Gasteiger charge is -2.11. The molecule has 0 aliphatic rings. The fourth-order valence-electron chi connectivity index (χ4n) is 1.79. The molecule has 20 heavy (non-hydrogen) atoms.